The summed E-state index contributed by atoms with van der Waals surface area (Å²) < 4.78 is 0. The zero-order chi connectivity index (χ0) is 18.5. The van der Waals surface area contributed by atoms with E-state index in [1.807, 2.05) is 56.3 Å². The van der Waals surface area contributed by atoms with E-state index in [0.29, 0.717) is 6.54 Å². The Balaban J connectivity index is 1.52. The number of anilines is 1. The Labute approximate surface area is 155 Å². The first-order valence-corrected chi connectivity index (χ1v) is 9.24. The standard InChI is InChI=1S/C22H26N2O2/c1-16-8-12-20(13-9-16)24-15-19(14-21(24)25)22(26)23-17(2)10-11-18-6-4-3-5-7-18/h3-9,12-13,17,19H,10-11,14-15H2,1-2H3,(H,23,26)/t17-,19+/m0/s1. The third-order valence-electron chi connectivity index (χ3n) is 4.94. The van der Waals surface area contributed by atoms with Crippen LogP contribution in [0.1, 0.15) is 30.9 Å². The Kier molecular flexibility index (Phi) is 5.71. The first-order chi connectivity index (χ1) is 12.5. The van der Waals surface area contributed by atoms with Crippen molar-refractivity contribution in [2.24, 2.45) is 5.92 Å². The van der Waals surface area contributed by atoms with Crippen LogP contribution in [0.25, 0.3) is 0 Å². The fraction of sp³-hybridized carbons (Fsp3) is 0.364. The van der Waals surface area contributed by atoms with Crippen LogP contribution in [-0.4, -0.2) is 24.4 Å². The van der Waals surface area contributed by atoms with Gasteiger partial charge in [-0.05, 0) is 44.4 Å². The van der Waals surface area contributed by atoms with E-state index in [2.05, 4.69) is 17.4 Å². The maximum absolute atomic E-state index is 12.6. The molecule has 0 spiro atoms. The zero-order valence-corrected chi connectivity index (χ0v) is 15.4. The summed E-state index contributed by atoms with van der Waals surface area (Å²) >= 11 is 0. The highest BCUT2D eigenvalue weighted by Gasteiger charge is 2.35. The molecule has 0 radical (unpaired) electrons. The van der Waals surface area contributed by atoms with Crippen molar-refractivity contribution in [3.63, 3.8) is 0 Å². The summed E-state index contributed by atoms with van der Waals surface area (Å²) in [5.41, 5.74) is 3.30. The van der Waals surface area contributed by atoms with Gasteiger partial charge in [0.25, 0.3) is 0 Å². The molecule has 2 amide bonds. The van der Waals surface area contributed by atoms with Crippen LogP contribution < -0.4 is 10.2 Å². The molecule has 0 aliphatic carbocycles. The number of aryl methyl sites for hydroxylation is 2. The van der Waals surface area contributed by atoms with Crippen LogP contribution in [0.15, 0.2) is 54.6 Å². The van der Waals surface area contributed by atoms with Crippen molar-refractivity contribution in [1.29, 1.82) is 0 Å². The van der Waals surface area contributed by atoms with Gasteiger partial charge in [0.15, 0.2) is 0 Å². The topological polar surface area (TPSA) is 49.4 Å². The summed E-state index contributed by atoms with van der Waals surface area (Å²) in [7, 11) is 0. The molecular formula is C22H26N2O2. The van der Waals surface area contributed by atoms with Crippen LogP contribution >= 0.6 is 0 Å². The second-order valence-corrected chi connectivity index (χ2v) is 7.17. The van der Waals surface area contributed by atoms with Crippen molar-refractivity contribution < 1.29 is 9.59 Å². The molecule has 4 nitrogen and oxygen atoms in total. The first-order valence-electron chi connectivity index (χ1n) is 9.24. The molecule has 2 aromatic rings. The molecule has 1 aliphatic rings. The number of hydrogen-bond donors (Lipinski definition) is 1. The van der Waals surface area contributed by atoms with Crippen molar-refractivity contribution in [3.05, 3.63) is 65.7 Å². The molecule has 0 saturated carbocycles. The summed E-state index contributed by atoms with van der Waals surface area (Å²) in [6.45, 7) is 4.50. The van der Waals surface area contributed by atoms with Crippen molar-refractivity contribution in [2.75, 3.05) is 11.4 Å². The molecule has 1 fully saturated rings. The summed E-state index contributed by atoms with van der Waals surface area (Å²) in [5, 5.41) is 3.08. The fourth-order valence-electron chi connectivity index (χ4n) is 3.32. The summed E-state index contributed by atoms with van der Waals surface area (Å²) in [6.07, 6.45) is 2.10. The lowest BCUT2D eigenvalue weighted by atomic mass is 10.0. The Morgan fingerprint density at radius 2 is 1.85 bits per heavy atom. The fourth-order valence-corrected chi connectivity index (χ4v) is 3.32. The lowest BCUT2D eigenvalue weighted by molar-refractivity contribution is -0.126. The molecule has 0 unspecified atom stereocenters. The number of benzene rings is 2. The number of carbonyl (C=O) groups is 2. The van der Waals surface area contributed by atoms with Gasteiger partial charge in [0.1, 0.15) is 0 Å². The predicted molar refractivity (Wildman–Crippen MR) is 104 cm³/mol. The quantitative estimate of drug-likeness (QED) is 0.867. The predicted octanol–water partition coefficient (Wildman–Crippen LogP) is 3.49. The van der Waals surface area contributed by atoms with E-state index >= 15 is 0 Å². The minimum Gasteiger partial charge on any atom is -0.353 e. The number of nitrogens with one attached hydrogen (secondary N) is 1. The Bertz CT molecular complexity index is 755. The second-order valence-electron chi connectivity index (χ2n) is 7.17. The van der Waals surface area contributed by atoms with Gasteiger partial charge >= 0.3 is 0 Å². The van der Waals surface area contributed by atoms with Crippen LogP contribution in [0.3, 0.4) is 0 Å². The lowest BCUT2D eigenvalue weighted by Crippen LogP contribution is -2.38. The van der Waals surface area contributed by atoms with E-state index in [9.17, 15) is 9.59 Å². The zero-order valence-electron chi connectivity index (χ0n) is 15.4. The smallest absolute Gasteiger partial charge is 0.227 e. The molecule has 1 aliphatic heterocycles. The minimum absolute atomic E-state index is 0.0194. The molecule has 26 heavy (non-hydrogen) atoms. The van der Waals surface area contributed by atoms with Crippen LogP contribution in [0, 0.1) is 12.8 Å². The highest BCUT2D eigenvalue weighted by Crippen LogP contribution is 2.25. The second kappa shape index (κ2) is 8.17. The molecule has 1 N–H and O–H groups in total. The van der Waals surface area contributed by atoms with Gasteiger partial charge in [-0.15, -0.1) is 0 Å². The van der Waals surface area contributed by atoms with Gasteiger partial charge in [-0.25, -0.2) is 0 Å². The van der Waals surface area contributed by atoms with Crippen LogP contribution in [0.4, 0.5) is 5.69 Å². The number of amides is 2. The van der Waals surface area contributed by atoms with Crippen molar-refractivity contribution in [3.8, 4) is 0 Å². The maximum Gasteiger partial charge on any atom is 0.227 e. The van der Waals surface area contributed by atoms with Crippen LogP contribution in [-0.2, 0) is 16.0 Å². The first kappa shape index (κ1) is 18.2. The third kappa shape index (κ3) is 4.51. The highest BCUT2D eigenvalue weighted by molar-refractivity contribution is 6.00. The molecule has 0 bridgehead atoms. The largest absolute Gasteiger partial charge is 0.353 e. The number of carbonyl (C=O) groups excluding carboxylic acids is 2. The van der Waals surface area contributed by atoms with E-state index in [4.69, 9.17) is 0 Å². The molecule has 2 aromatic carbocycles. The van der Waals surface area contributed by atoms with Gasteiger partial charge in [-0.2, -0.15) is 0 Å². The summed E-state index contributed by atoms with van der Waals surface area (Å²) in [4.78, 5) is 26.6. The number of nitrogens with zero attached hydrogens (tertiary/aromatic N) is 1. The van der Waals surface area contributed by atoms with E-state index in [0.717, 1.165) is 24.1 Å². The van der Waals surface area contributed by atoms with Gasteiger partial charge in [-0.1, -0.05) is 48.0 Å². The SMILES string of the molecule is Cc1ccc(N2C[C@H](C(=O)N[C@@H](C)CCc3ccccc3)CC2=O)cc1. The van der Waals surface area contributed by atoms with Crippen molar-refractivity contribution >= 4 is 17.5 Å². The van der Waals surface area contributed by atoms with Crippen LogP contribution in [0.2, 0.25) is 0 Å². The van der Waals surface area contributed by atoms with Gasteiger partial charge in [-0.3, -0.25) is 9.59 Å². The third-order valence-corrected chi connectivity index (χ3v) is 4.94. The molecular weight excluding hydrogens is 324 g/mol. The number of rotatable bonds is 6. The van der Waals surface area contributed by atoms with Gasteiger partial charge in [0.2, 0.25) is 11.8 Å². The summed E-state index contributed by atoms with van der Waals surface area (Å²) in [5.74, 6) is -0.276. The molecule has 3 rings (SSSR count). The van der Waals surface area contributed by atoms with Crippen molar-refractivity contribution in [1.82, 2.24) is 5.32 Å². The molecule has 0 aromatic heterocycles. The van der Waals surface area contributed by atoms with E-state index < -0.39 is 0 Å². The van der Waals surface area contributed by atoms with Crippen molar-refractivity contribution in [2.45, 2.75) is 39.2 Å². The average Bonchev–Trinajstić information content (AvgIpc) is 3.03. The Morgan fingerprint density at radius 1 is 1.15 bits per heavy atom. The minimum atomic E-state index is -0.275. The Hall–Kier alpha value is -2.62. The highest BCUT2D eigenvalue weighted by atomic mass is 16.2. The van der Waals surface area contributed by atoms with E-state index in [-0.39, 0.29) is 30.2 Å². The molecule has 2 atom stereocenters. The lowest BCUT2D eigenvalue weighted by Gasteiger charge is -2.19. The molecule has 136 valence electrons. The van der Waals surface area contributed by atoms with E-state index in [1.54, 1.807) is 4.90 Å². The summed E-state index contributed by atoms with van der Waals surface area (Å²) in [6, 6.07) is 18.2. The molecule has 1 saturated heterocycles. The van der Waals surface area contributed by atoms with Crippen LogP contribution in [0.5, 0.6) is 0 Å². The Morgan fingerprint density at radius 3 is 2.54 bits per heavy atom. The molecule has 1 heterocycles. The van der Waals surface area contributed by atoms with Gasteiger partial charge in [0.05, 0.1) is 5.92 Å². The number of hydrogen-bond acceptors (Lipinski definition) is 2. The monoisotopic (exact) mass is 350 g/mol. The van der Waals surface area contributed by atoms with E-state index in [1.165, 1.54) is 5.56 Å². The average molecular weight is 350 g/mol. The normalized spacial score (nSPS) is 18.0. The van der Waals surface area contributed by atoms with Gasteiger partial charge in [0, 0.05) is 24.7 Å². The van der Waals surface area contributed by atoms with Gasteiger partial charge < -0.3 is 10.2 Å². The maximum atomic E-state index is 12.6. The molecule has 4 heteroatoms.